The highest BCUT2D eigenvalue weighted by atomic mass is 79.9. The summed E-state index contributed by atoms with van der Waals surface area (Å²) in [5.41, 5.74) is 2.17. The number of ether oxygens (including phenoxy) is 2. The lowest BCUT2D eigenvalue weighted by Crippen LogP contribution is -2.31. The Kier molecular flexibility index (Phi) is 9.67. The van der Waals surface area contributed by atoms with E-state index in [1.807, 2.05) is 13.8 Å². The molecule has 0 radical (unpaired) electrons. The van der Waals surface area contributed by atoms with Crippen molar-refractivity contribution in [2.24, 2.45) is 0 Å². The zero-order valence-electron chi connectivity index (χ0n) is 15.1. The van der Waals surface area contributed by atoms with Crippen LogP contribution < -0.4 is 0 Å². The van der Waals surface area contributed by atoms with Gasteiger partial charge in [-0.1, -0.05) is 39.2 Å². The van der Waals surface area contributed by atoms with E-state index < -0.39 is 5.60 Å². The number of alkyl halides is 1. The van der Waals surface area contributed by atoms with Crippen molar-refractivity contribution in [1.29, 1.82) is 0 Å². The smallest absolute Gasteiger partial charge is 0.158 e. The SMILES string of the molecule is C/C(=C\CCC1OCCO1)CC/C=C(\C)CCC(Br)C(C)(C)O. The number of halogens is 1. The molecule has 134 valence electrons. The Balaban J connectivity index is 2.17. The predicted octanol–water partition coefficient (Wildman–Crippen LogP) is 5.13. The fourth-order valence-electron chi connectivity index (χ4n) is 2.50. The van der Waals surface area contributed by atoms with Gasteiger partial charge in [0.15, 0.2) is 6.29 Å². The van der Waals surface area contributed by atoms with Gasteiger partial charge in [0.25, 0.3) is 0 Å². The van der Waals surface area contributed by atoms with Crippen LogP contribution in [0, 0.1) is 0 Å². The summed E-state index contributed by atoms with van der Waals surface area (Å²) in [4.78, 5) is 0.139. The van der Waals surface area contributed by atoms with E-state index in [2.05, 4.69) is 41.9 Å². The van der Waals surface area contributed by atoms with Crippen LogP contribution in [-0.4, -0.2) is 35.0 Å². The van der Waals surface area contributed by atoms with Gasteiger partial charge in [0, 0.05) is 11.2 Å². The van der Waals surface area contributed by atoms with Gasteiger partial charge in [-0.05, 0) is 59.8 Å². The number of allylic oxidation sites excluding steroid dienone is 4. The Morgan fingerprint density at radius 1 is 1.13 bits per heavy atom. The van der Waals surface area contributed by atoms with Gasteiger partial charge >= 0.3 is 0 Å². The first-order valence-electron chi connectivity index (χ1n) is 8.70. The van der Waals surface area contributed by atoms with Gasteiger partial charge in [-0.3, -0.25) is 0 Å². The molecule has 1 fully saturated rings. The molecule has 0 saturated carbocycles. The van der Waals surface area contributed by atoms with Crippen LogP contribution in [0.1, 0.15) is 66.2 Å². The van der Waals surface area contributed by atoms with Gasteiger partial charge in [0.05, 0.1) is 18.8 Å². The molecular formula is C19H33BrO3. The first-order valence-corrected chi connectivity index (χ1v) is 9.61. The van der Waals surface area contributed by atoms with Crippen LogP contribution in [0.15, 0.2) is 23.3 Å². The minimum absolute atomic E-state index is 0.00848. The standard InChI is InChI=1S/C19H33BrO3/c1-15(9-6-10-18-22-13-14-23-18)7-5-8-16(2)11-12-17(20)19(3,4)21/h8-9,17-18,21H,5-7,10-14H2,1-4H3/b15-9+,16-8+. The average Bonchev–Trinajstić information content (AvgIpc) is 2.97. The van der Waals surface area contributed by atoms with Gasteiger partial charge in [-0.15, -0.1) is 0 Å². The molecule has 0 aromatic carbocycles. The van der Waals surface area contributed by atoms with E-state index in [0.29, 0.717) is 0 Å². The lowest BCUT2D eigenvalue weighted by Gasteiger charge is -2.24. The van der Waals surface area contributed by atoms with Gasteiger partial charge in [-0.25, -0.2) is 0 Å². The Bertz CT molecular complexity index is 390. The first-order chi connectivity index (χ1) is 10.8. The largest absolute Gasteiger partial charge is 0.389 e. The third kappa shape index (κ3) is 9.65. The molecule has 23 heavy (non-hydrogen) atoms. The van der Waals surface area contributed by atoms with Gasteiger partial charge in [-0.2, -0.15) is 0 Å². The molecule has 0 amide bonds. The molecule has 0 aromatic rings. The maximum atomic E-state index is 9.92. The maximum absolute atomic E-state index is 9.92. The molecule has 4 heteroatoms. The van der Waals surface area contributed by atoms with E-state index in [0.717, 1.165) is 51.7 Å². The number of hydrogen-bond acceptors (Lipinski definition) is 3. The second-order valence-corrected chi connectivity index (χ2v) is 8.15. The van der Waals surface area contributed by atoms with Gasteiger partial charge in [0.1, 0.15) is 0 Å². The summed E-state index contributed by atoms with van der Waals surface area (Å²) in [6.45, 7) is 9.54. The Morgan fingerprint density at radius 3 is 2.30 bits per heavy atom. The fraction of sp³-hybridized carbons (Fsp3) is 0.789. The molecule has 1 heterocycles. The van der Waals surface area contributed by atoms with Crippen LogP contribution in [-0.2, 0) is 9.47 Å². The zero-order valence-corrected chi connectivity index (χ0v) is 16.7. The molecule has 3 nitrogen and oxygen atoms in total. The molecule has 1 atom stereocenters. The summed E-state index contributed by atoms with van der Waals surface area (Å²) in [6.07, 6.45) is 10.8. The summed E-state index contributed by atoms with van der Waals surface area (Å²) < 4.78 is 10.9. The van der Waals surface area contributed by atoms with Crippen molar-refractivity contribution < 1.29 is 14.6 Å². The molecule has 1 unspecified atom stereocenters. The summed E-state index contributed by atoms with van der Waals surface area (Å²) in [5, 5.41) is 9.92. The predicted molar refractivity (Wildman–Crippen MR) is 99.9 cm³/mol. The average molecular weight is 389 g/mol. The van der Waals surface area contributed by atoms with Crippen molar-refractivity contribution >= 4 is 15.9 Å². The summed E-state index contributed by atoms with van der Waals surface area (Å²) in [5.74, 6) is 0. The highest BCUT2D eigenvalue weighted by molar-refractivity contribution is 9.09. The molecule has 1 rings (SSSR count). The van der Waals surface area contributed by atoms with Crippen molar-refractivity contribution in [3.05, 3.63) is 23.3 Å². The number of hydrogen-bond donors (Lipinski definition) is 1. The third-order valence-electron chi connectivity index (χ3n) is 4.18. The number of rotatable bonds is 10. The van der Waals surface area contributed by atoms with E-state index in [9.17, 15) is 5.11 Å². The fourth-order valence-corrected chi connectivity index (χ4v) is 2.73. The van der Waals surface area contributed by atoms with Crippen LogP contribution in [0.4, 0.5) is 0 Å². The molecule has 0 aromatic heterocycles. The van der Waals surface area contributed by atoms with Crippen molar-refractivity contribution in [1.82, 2.24) is 0 Å². The van der Waals surface area contributed by atoms with Crippen LogP contribution in [0.3, 0.4) is 0 Å². The van der Waals surface area contributed by atoms with E-state index in [4.69, 9.17) is 9.47 Å². The van der Waals surface area contributed by atoms with E-state index in [1.165, 1.54) is 11.1 Å². The maximum Gasteiger partial charge on any atom is 0.158 e. The van der Waals surface area contributed by atoms with Crippen LogP contribution in [0.5, 0.6) is 0 Å². The van der Waals surface area contributed by atoms with Crippen LogP contribution in [0.2, 0.25) is 0 Å². The molecule has 1 saturated heterocycles. The van der Waals surface area contributed by atoms with E-state index in [-0.39, 0.29) is 11.1 Å². The third-order valence-corrected chi connectivity index (χ3v) is 5.75. The normalized spacial score (nSPS) is 19.4. The Hall–Kier alpha value is -0.160. The molecule has 1 aliphatic heterocycles. The minimum Gasteiger partial charge on any atom is -0.389 e. The highest BCUT2D eigenvalue weighted by Gasteiger charge is 2.23. The quantitative estimate of drug-likeness (QED) is 0.416. The number of aliphatic hydroxyl groups is 1. The summed E-state index contributed by atoms with van der Waals surface area (Å²) in [7, 11) is 0. The van der Waals surface area contributed by atoms with E-state index in [1.54, 1.807) is 0 Å². The van der Waals surface area contributed by atoms with Crippen molar-refractivity contribution in [3.8, 4) is 0 Å². The lowest BCUT2D eigenvalue weighted by atomic mass is 9.98. The van der Waals surface area contributed by atoms with Crippen LogP contribution >= 0.6 is 15.9 Å². The lowest BCUT2D eigenvalue weighted by molar-refractivity contribution is -0.0457. The van der Waals surface area contributed by atoms with Crippen LogP contribution in [0.25, 0.3) is 0 Å². The van der Waals surface area contributed by atoms with Gasteiger partial charge in [0.2, 0.25) is 0 Å². The molecule has 1 aliphatic rings. The summed E-state index contributed by atoms with van der Waals surface area (Å²) in [6, 6.07) is 0. The molecule has 0 bridgehead atoms. The zero-order chi connectivity index (χ0) is 17.3. The highest BCUT2D eigenvalue weighted by Crippen LogP contribution is 2.24. The van der Waals surface area contributed by atoms with Crippen molar-refractivity contribution in [2.75, 3.05) is 13.2 Å². The first kappa shape index (κ1) is 20.9. The second-order valence-electron chi connectivity index (χ2n) is 7.05. The van der Waals surface area contributed by atoms with Crippen molar-refractivity contribution in [3.63, 3.8) is 0 Å². The molecular weight excluding hydrogens is 356 g/mol. The summed E-state index contributed by atoms with van der Waals surface area (Å²) >= 11 is 3.57. The Labute approximate surface area is 150 Å². The van der Waals surface area contributed by atoms with E-state index >= 15 is 0 Å². The van der Waals surface area contributed by atoms with Crippen molar-refractivity contribution in [2.45, 2.75) is 82.9 Å². The molecule has 1 N–H and O–H groups in total. The molecule has 0 spiro atoms. The molecule has 0 aliphatic carbocycles. The Morgan fingerprint density at radius 2 is 1.70 bits per heavy atom. The topological polar surface area (TPSA) is 38.7 Å². The van der Waals surface area contributed by atoms with Gasteiger partial charge < -0.3 is 14.6 Å². The monoisotopic (exact) mass is 388 g/mol. The second kappa shape index (κ2) is 10.7. The minimum atomic E-state index is -0.660.